The van der Waals surface area contributed by atoms with Gasteiger partial charge < -0.3 is 10.8 Å². The molecule has 1 heterocycles. The number of para-hydroxylation sites is 1. The van der Waals surface area contributed by atoms with E-state index in [1.807, 2.05) is 37.3 Å². The zero-order chi connectivity index (χ0) is 12.4. The van der Waals surface area contributed by atoms with Crippen LogP contribution in [0, 0.1) is 6.92 Å². The Hall–Kier alpha value is -1.94. The summed E-state index contributed by atoms with van der Waals surface area (Å²) in [6.07, 6.45) is -0.0825. The second-order valence-corrected chi connectivity index (χ2v) is 4.06. The lowest BCUT2D eigenvalue weighted by molar-refractivity contribution is -0.137. The van der Waals surface area contributed by atoms with E-state index in [-0.39, 0.29) is 6.42 Å². The first-order chi connectivity index (χ1) is 8.08. The lowest BCUT2D eigenvalue weighted by Gasteiger charge is -2.13. The zero-order valence-corrected chi connectivity index (χ0v) is 9.55. The van der Waals surface area contributed by atoms with Crippen LogP contribution < -0.4 is 5.73 Å². The fourth-order valence-corrected chi connectivity index (χ4v) is 1.90. The van der Waals surface area contributed by atoms with E-state index in [0.717, 1.165) is 22.2 Å². The average Bonchev–Trinajstić information content (AvgIpc) is 2.27. The summed E-state index contributed by atoms with van der Waals surface area (Å²) in [7, 11) is 0. The molecule has 1 atom stereocenters. The van der Waals surface area contributed by atoms with Crippen molar-refractivity contribution in [2.45, 2.75) is 19.4 Å². The molecule has 17 heavy (non-hydrogen) atoms. The molecule has 1 aromatic carbocycles. The molecule has 0 fully saturated rings. The van der Waals surface area contributed by atoms with Gasteiger partial charge in [0.2, 0.25) is 0 Å². The highest BCUT2D eigenvalue weighted by atomic mass is 16.4. The minimum Gasteiger partial charge on any atom is -0.481 e. The maximum absolute atomic E-state index is 10.7. The molecule has 0 bridgehead atoms. The second-order valence-electron chi connectivity index (χ2n) is 4.06. The van der Waals surface area contributed by atoms with Crippen LogP contribution in [0.15, 0.2) is 30.3 Å². The number of rotatable bonds is 3. The van der Waals surface area contributed by atoms with Crippen LogP contribution in [0.5, 0.6) is 0 Å². The fourth-order valence-electron chi connectivity index (χ4n) is 1.90. The molecule has 0 radical (unpaired) electrons. The summed E-state index contributed by atoms with van der Waals surface area (Å²) in [6, 6.07) is 9.13. The van der Waals surface area contributed by atoms with Gasteiger partial charge in [-0.2, -0.15) is 0 Å². The van der Waals surface area contributed by atoms with E-state index in [9.17, 15) is 4.79 Å². The predicted molar refractivity (Wildman–Crippen MR) is 65.7 cm³/mol. The van der Waals surface area contributed by atoms with Gasteiger partial charge in [-0.3, -0.25) is 9.78 Å². The molecule has 0 saturated carbocycles. The normalized spacial score (nSPS) is 12.6. The molecule has 0 aliphatic carbocycles. The minimum absolute atomic E-state index is 0.0825. The molecule has 0 amide bonds. The van der Waals surface area contributed by atoms with Crippen molar-refractivity contribution < 1.29 is 9.90 Å². The highest BCUT2D eigenvalue weighted by molar-refractivity contribution is 5.79. The van der Waals surface area contributed by atoms with E-state index in [0.29, 0.717) is 0 Å². The molecule has 3 N–H and O–H groups in total. The lowest BCUT2D eigenvalue weighted by atomic mass is 10.0. The number of aliphatic carboxylic acids is 1. The van der Waals surface area contributed by atoms with Crippen LogP contribution in [0.2, 0.25) is 0 Å². The van der Waals surface area contributed by atoms with E-state index >= 15 is 0 Å². The van der Waals surface area contributed by atoms with E-state index in [1.54, 1.807) is 0 Å². The molecule has 2 rings (SSSR count). The SMILES string of the molecule is Cc1nc2ccccc2cc1C(N)CC(=O)O. The highest BCUT2D eigenvalue weighted by Gasteiger charge is 2.14. The van der Waals surface area contributed by atoms with Gasteiger partial charge in [-0.05, 0) is 24.6 Å². The van der Waals surface area contributed by atoms with Gasteiger partial charge in [-0.25, -0.2) is 0 Å². The Morgan fingerprint density at radius 3 is 2.88 bits per heavy atom. The third kappa shape index (κ3) is 2.42. The van der Waals surface area contributed by atoms with Gasteiger partial charge in [0.25, 0.3) is 0 Å². The van der Waals surface area contributed by atoms with Crippen molar-refractivity contribution in [1.82, 2.24) is 4.98 Å². The quantitative estimate of drug-likeness (QED) is 0.845. The fraction of sp³-hybridized carbons (Fsp3) is 0.231. The summed E-state index contributed by atoms with van der Waals surface area (Å²) < 4.78 is 0. The second kappa shape index (κ2) is 4.51. The van der Waals surface area contributed by atoms with Gasteiger partial charge in [0.05, 0.1) is 11.9 Å². The van der Waals surface area contributed by atoms with Crippen LogP contribution in [0.1, 0.15) is 23.7 Å². The molecular weight excluding hydrogens is 216 g/mol. The van der Waals surface area contributed by atoms with Gasteiger partial charge in [-0.1, -0.05) is 18.2 Å². The number of aromatic nitrogens is 1. The number of hydrogen-bond donors (Lipinski definition) is 2. The number of fused-ring (bicyclic) bond motifs is 1. The van der Waals surface area contributed by atoms with Crippen LogP contribution in [0.4, 0.5) is 0 Å². The Labute approximate surface area is 99.1 Å². The van der Waals surface area contributed by atoms with Gasteiger partial charge in [0.15, 0.2) is 0 Å². The number of pyridine rings is 1. The number of hydrogen-bond acceptors (Lipinski definition) is 3. The summed E-state index contributed by atoms with van der Waals surface area (Å²) in [6.45, 7) is 1.85. The Morgan fingerprint density at radius 1 is 1.47 bits per heavy atom. The number of carboxylic acids is 1. The Morgan fingerprint density at radius 2 is 2.18 bits per heavy atom. The van der Waals surface area contributed by atoms with Gasteiger partial charge in [0.1, 0.15) is 0 Å². The van der Waals surface area contributed by atoms with Crippen molar-refractivity contribution >= 4 is 16.9 Å². The molecule has 1 aromatic heterocycles. The maximum Gasteiger partial charge on any atom is 0.305 e. The molecule has 4 heteroatoms. The van der Waals surface area contributed by atoms with Crippen molar-refractivity contribution in [2.24, 2.45) is 5.73 Å². The third-order valence-electron chi connectivity index (χ3n) is 2.75. The number of carbonyl (C=O) groups is 1. The molecule has 0 aliphatic heterocycles. The minimum atomic E-state index is -0.898. The van der Waals surface area contributed by atoms with Gasteiger partial charge in [0, 0.05) is 17.1 Å². The standard InChI is InChI=1S/C13H14N2O2/c1-8-10(11(14)7-13(16)17)6-9-4-2-3-5-12(9)15-8/h2-6,11H,7,14H2,1H3,(H,16,17). The molecule has 1 unspecified atom stereocenters. The van der Waals surface area contributed by atoms with Crippen molar-refractivity contribution in [3.63, 3.8) is 0 Å². The van der Waals surface area contributed by atoms with E-state index in [1.165, 1.54) is 0 Å². The number of nitrogens with two attached hydrogens (primary N) is 1. The van der Waals surface area contributed by atoms with Crippen LogP contribution in [-0.2, 0) is 4.79 Å². The molecule has 88 valence electrons. The van der Waals surface area contributed by atoms with Crippen molar-refractivity contribution in [1.29, 1.82) is 0 Å². The molecule has 2 aromatic rings. The summed E-state index contributed by atoms with van der Waals surface area (Å²) in [5.74, 6) is -0.898. The van der Waals surface area contributed by atoms with E-state index in [2.05, 4.69) is 4.98 Å². The first kappa shape index (κ1) is 11.5. The van der Waals surface area contributed by atoms with Gasteiger partial charge >= 0.3 is 5.97 Å². The van der Waals surface area contributed by atoms with E-state index in [4.69, 9.17) is 10.8 Å². The smallest absolute Gasteiger partial charge is 0.305 e. The summed E-state index contributed by atoms with van der Waals surface area (Å²) >= 11 is 0. The Kier molecular flexibility index (Phi) is 3.06. The first-order valence-corrected chi connectivity index (χ1v) is 5.41. The largest absolute Gasteiger partial charge is 0.481 e. The average molecular weight is 230 g/mol. The van der Waals surface area contributed by atoms with Crippen molar-refractivity contribution in [2.75, 3.05) is 0 Å². The molecule has 0 saturated heterocycles. The number of benzene rings is 1. The Bertz CT molecular complexity index is 566. The number of carboxylic acid groups (broad SMARTS) is 1. The predicted octanol–water partition coefficient (Wildman–Crippen LogP) is 2.02. The summed E-state index contributed by atoms with van der Waals surface area (Å²) in [4.78, 5) is 15.1. The van der Waals surface area contributed by atoms with Crippen LogP contribution in [0.25, 0.3) is 10.9 Å². The molecule has 4 nitrogen and oxygen atoms in total. The number of nitrogens with zero attached hydrogens (tertiary/aromatic N) is 1. The maximum atomic E-state index is 10.7. The van der Waals surface area contributed by atoms with Crippen LogP contribution in [0.3, 0.4) is 0 Å². The van der Waals surface area contributed by atoms with Crippen LogP contribution >= 0.6 is 0 Å². The Balaban J connectivity index is 2.46. The van der Waals surface area contributed by atoms with Crippen molar-refractivity contribution in [3.8, 4) is 0 Å². The zero-order valence-electron chi connectivity index (χ0n) is 9.55. The van der Waals surface area contributed by atoms with Crippen LogP contribution in [-0.4, -0.2) is 16.1 Å². The molecular formula is C13H14N2O2. The van der Waals surface area contributed by atoms with Crippen molar-refractivity contribution in [3.05, 3.63) is 41.6 Å². The van der Waals surface area contributed by atoms with E-state index < -0.39 is 12.0 Å². The number of aryl methyl sites for hydroxylation is 1. The topological polar surface area (TPSA) is 76.2 Å². The molecule has 0 spiro atoms. The highest BCUT2D eigenvalue weighted by Crippen LogP contribution is 2.22. The summed E-state index contributed by atoms with van der Waals surface area (Å²) in [5.41, 5.74) is 8.35. The first-order valence-electron chi connectivity index (χ1n) is 5.41. The third-order valence-corrected chi connectivity index (χ3v) is 2.75. The summed E-state index contributed by atoms with van der Waals surface area (Å²) in [5, 5.41) is 9.73. The van der Waals surface area contributed by atoms with Gasteiger partial charge in [-0.15, -0.1) is 0 Å². The lowest BCUT2D eigenvalue weighted by Crippen LogP contribution is -2.16. The monoisotopic (exact) mass is 230 g/mol. The molecule has 0 aliphatic rings.